The van der Waals surface area contributed by atoms with Gasteiger partial charge in [0.15, 0.2) is 11.6 Å². The van der Waals surface area contributed by atoms with Crippen molar-refractivity contribution < 1.29 is 18.3 Å². The summed E-state index contributed by atoms with van der Waals surface area (Å²) in [7, 11) is 0.252. The molecular formula is C18H16FN3O4S. The number of anilines is 1. The van der Waals surface area contributed by atoms with Crippen molar-refractivity contribution >= 4 is 33.1 Å². The van der Waals surface area contributed by atoms with Crippen molar-refractivity contribution in [2.45, 2.75) is 11.4 Å². The predicted molar refractivity (Wildman–Crippen MR) is 101 cm³/mol. The number of ether oxygens (including phenoxy) is 1. The van der Waals surface area contributed by atoms with Crippen LogP contribution in [0.4, 0.5) is 15.8 Å². The molecule has 3 aromatic rings. The normalized spacial score (nSPS) is 12.0. The zero-order chi connectivity index (χ0) is 19.6. The molecule has 1 unspecified atom stereocenters. The highest BCUT2D eigenvalue weighted by atomic mass is 32.2. The van der Waals surface area contributed by atoms with Crippen molar-refractivity contribution in [1.29, 1.82) is 0 Å². The van der Waals surface area contributed by atoms with Crippen LogP contribution in [0, 0.1) is 15.9 Å². The number of pyridine rings is 1. The maximum absolute atomic E-state index is 14.1. The molecule has 0 saturated heterocycles. The number of fused-ring (bicyclic) bond motifs is 1. The van der Waals surface area contributed by atoms with E-state index in [1.54, 1.807) is 30.5 Å². The molecule has 0 bridgehead atoms. The van der Waals surface area contributed by atoms with Crippen LogP contribution < -0.4 is 10.1 Å². The first-order valence-corrected chi connectivity index (χ1v) is 9.43. The standard InChI is InChI=1S/C18H16FN3O4S/c1-26-17-8-15-13(7-14(17)19)18(16(10-20-15)22(23)24)21-9-11-3-5-12(6-4-11)27(2)25/h3-8,10H,9H2,1-2H3,(H,20,21). The van der Waals surface area contributed by atoms with Gasteiger partial charge in [0, 0.05) is 39.9 Å². The van der Waals surface area contributed by atoms with E-state index in [0.29, 0.717) is 10.4 Å². The molecule has 1 atom stereocenters. The summed E-state index contributed by atoms with van der Waals surface area (Å²) in [5.41, 5.74) is 1.13. The first kappa shape index (κ1) is 18.7. The number of hydrogen-bond acceptors (Lipinski definition) is 6. The number of methoxy groups -OCH3 is 1. The second kappa shape index (κ2) is 7.67. The Bertz CT molecular complexity index is 1040. The molecule has 0 fully saturated rings. The summed E-state index contributed by atoms with van der Waals surface area (Å²) < 4.78 is 30.5. The average Bonchev–Trinajstić information content (AvgIpc) is 2.65. The quantitative estimate of drug-likeness (QED) is 0.511. The first-order chi connectivity index (χ1) is 12.9. The van der Waals surface area contributed by atoms with E-state index in [4.69, 9.17) is 4.74 Å². The highest BCUT2D eigenvalue weighted by Gasteiger charge is 2.20. The largest absolute Gasteiger partial charge is 0.494 e. The van der Waals surface area contributed by atoms with Gasteiger partial charge in [0.2, 0.25) is 0 Å². The monoisotopic (exact) mass is 389 g/mol. The topological polar surface area (TPSA) is 94.4 Å². The molecule has 0 aliphatic heterocycles. The van der Waals surface area contributed by atoms with Gasteiger partial charge in [0.25, 0.3) is 0 Å². The Kier molecular flexibility index (Phi) is 5.31. The van der Waals surface area contributed by atoms with Crippen LogP contribution in [-0.4, -0.2) is 27.5 Å². The minimum Gasteiger partial charge on any atom is -0.494 e. The van der Waals surface area contributed by atoms with E-state index in [1.807, 2.05) is 0 Å². The number of hydrogen-bond donors (Lipinski definition) is 1. The van der Waals surface area contributed by atoms with E-state index in [-0.39, 0.29) is 29.1 Å². The van der Waals surface area contributed by atoms with Crippen molar-refractivity contribution in [2.75, 3.05) is 18.7 Å². The van der Waals surface area contributed by atoms with Crippen LogP contribution in [0.5, 0.6) is 5.75 Å². The second-order valence-electron chi connectivity index (χ2n) is 5.73. The van der Waals surface area contributed by atoms with Crippen molar-refractivity contribution in [3.8, 4) is 5.75 Å². The molecule has 0 radical (unpaired) electrons. The summed E-state index contributed by atoms with van der Waals surface area (Å²) in [5.74, 6) is -0.622. The number of nitro groups is 1. The van der Waals surface area contributed by atoms with Gasteiger partial charge in [-0.1, -0.05) is 12.1 Å². The smallest absolute Gasteiger partial charge is 0.311 e. The maximum atomic E-state index is 14.1. The minimum absolute atomic E-state index is 0.0120. The van der Waals surface area contributed by atoms with E-state index < -0.39 is 21.5 Å². The number of nitrogens with one attached hydrogen (secondary N) is 1. The van der Waals surface area contributed by atoms with Crippen LogP contribution in [0.3, 0.4) is 0 Å². The SMILES string of the molecule is COc1cc2ncc([N+](=O)[O-])c(NCc3ccc(S(C)=O)cc3)c2cc1F. The van der Waals surface area contributed by atoms with Crippen LogP contribution >= 0.6 is 0 Å². The number of halogens is 1. The lowest BCUT2D eigenvalue weighted by Gasteiger charge is -2.12. The van der Waals surface area contributed by atoms with Gasteiger partial charge in [-0.05, 0) is 23.8 Å². The van der Waals surface area contributed by atoms with Crippen LogP contribution in [0.25, 0.3) is 10.9 Å². The van der Waals surface area contributed by atoms with Crippen LogP contribution in [0.15, 0.2) is 47.5 Å². The van der Waals surface area contributed by atoms with Crippen molar-refractivity contribution in [2.24, 2.45) is 0 Å². The third-order valence-electron chi connectivity index (χ3n) is 4.04. The summed E-state index contributed by atoms with van der Waals surface area (Å²) in [5, 5.41) is 14.7. The van der Waals surface area contributed by atoms with Crippen molar-refractivity contribution in [3.05, 3.63) is 64.1 Å². The van der Waals surface area contributed by atoms with Gasteiger partial charge in [-0.3, -0.25) is 14.3 Å². The molecule has 2 aromatic carbocycles. The Hall–Kier alpha value is -3.07. The van der Waals surface area contributed by atoms with Crippen LogP contribution in [0.1, 0.15) is 5.56 Å². The molecule has 7 nitrogen and oxygen atoms in total. The Morgan fingerprint density at radius 1 is 1.30 bits per heavy atom. The zero-order valence-electron chi connectivity index (χ0n) is 14.6. The molecule has 0 saturated carbocycles. The lowest BCUT2D eigenvalue weighted by molar-refractivity contribution is -0.384. The van der Waals surface area contributed by atoms with Gasteiger partial charge in [-0.25, -0.2) is 9.37 Å². The number of aromatic nitrogens is 1. The van der Waals surface area contributed by atoms with Gasteiger partial charge >= 0.3 is 5.69 Å². The van der Waals surface area contributed by atoms with Crippen LogP contribution in [0.2, 0.25) is 0 Å². The van der Waals surface area contributed by atoms with E-state index in [0.717, 1.165) is 11.8 Å². The fraction of sp³-hybridized carbons (Fsp3) is 0.167. The molecule has 0 aliphatic rings. The fourth-order valence-corrected chi connectivity index (χ4v) is 3.17. The molecular weight excluding hydrogens is 373 g/mol. The Morgan fingerprint density at radius 3 is 2.59 bits per heavy atom. The summed E-state index contributed by atoms with van der Waals surface area (Å²) in [6.07, 6.45) is 2.72. The lowest BCUT2D eigenvalue weighted by atomic mass is 10.1. The second-order valence-corrected chi connectivity index (χ2v) is 7.11. The molecule has 27 heavy (non-hydrogen) atoms. The summed E-state index contributed by atoms with van der Waals surface area (Å²) in [6, 6.07) is 9.59. The highest BCUT2D eigenvalue weighted by Crippen LogP contribution is 2.35. The van der Waals surface area contributed by atoms with E-state index in [1.165, 1.54) is 19.2 Å². The third kappa shape index (κ3) is 3.87. The van der Waals surface area contributed by atoms with E-state index >= 15 is 0 Å². The maximum Gasteiger partial charge on any atom is 0.311 e. The molecule has 0 amide bonds. The van der Waals surface area contributed by atoms with E-state index in [9.17, 15) is 18.7 Å². The molecule has 1 N–H and O–H groups in total. The Balaban J connectivity index is 2.00. The fourth-order valence-electron chi connectivity index (χ4n) is 2.65. The lowest BCUT2D eigenvalue weighted by Crippen LogP contribution is -2.05. The molecule has 140 valence electrons. The van der Waals surface area contributed by atoms with Gasteiger partial charge in [-0.2, -0.15) is 0 Å². The zero-order valence-corrected chi connectivity index (χ0v) is 15.4. The minimum atomic E-state index is -1.08. The van der Waals surface area contributed by atoms with E-state index in [2.05, 4.69) is 10.3 Å². The van der Waals surface area contributed by atoms with Gasteiger partial charge in [0.1, 0.15) is 11.9 Å². The van der Waals surface area contributed by atoms with Crippen molar-refractivity contribution in [1.82, 2.24) is 4.98 Å². The molecule has 1 aromatic heterocycles. The molecule has 3 rings (SSSR count). The predicted octanol–water partition coefficient (Wildman–Crippen LogP) is 3.64. The summed E-state index contributed by atoms with van der Waals surface area (Å²) in [6.45, 7) is 0.268. The molecule has 0 spiro atoms. The summed E-state index contributed by atoms with van der Waals surface area (Å²) in [4.78, 5) is 15.5. The first-order valence-electron chi connectivity index (χ1n) is 7.87. The number of nitrogens with zero attached hydrogens (tertiary/aromatic N) is 2. The third-order valence-corrected chi connectivity index (χ3v) is 4.98. The molecule has 0 aliphatic carbocycles. The van der Waals surface area contributed by atoms with Gasteiger partial charge in [-0.15, -0.1) is 0 Å². The van der Waals surface area contributed by atoms with Crippen LogP contribution in [-0.2, 0) is 17.3 Å². The summed E-state index contributed by atoms with van der Waals surface area (Å²) >= 11 is 0. The molecule has 9 heteroatoms. The van der Waals surface area contributed by atoms with Gasteiger partial charge in [0.05, 0.1) is 17.5 Å². The Morgan fingerprint density at radius 2 is 2.00 bits per heavy atom. The van der Waals surface area contributed by atoms with Crippen molar-refractivity contribution in [3.63, 3.8) is 0 Å². The Labute approximate surface area is 156 Å². The molecule has 1 heterocycles. The average molecular weight is 389 g/mol. The number of rotatable bonds is 6. The number of benzene rings is 2. The highest BCUT2D eigenvalue weighted by molar-refractivity contribution is 7.84. The van der Waals surface area contributed by atoms with Gasteiger partial charge < -0.3 is 10.1 Å².